The van der Waals surface area contributed by atoms with Crippen molar-refractivity contribution >= 4 is 18.6 Å². The van der Waals surface area contributed by atoms with Gasteiger partial charge in [-0.15, -0.1) is 0 Å². The first kappa shape index (κ1) is 17.1. The van der Waals surface area contributed by atoms with Crippen molar-refractivity contribution in [1.82, 2.24) is 4.57 Å². The molecule has 1 aliphatic heterocycles. The maximum Gasteiger partial charge on any atom is 0.496 e. The Labute approximate surface area is 133 Å². The number of carbonyl (C=O) groups excluding carboxylic acids is 1. The SMILES string of the molecule is Cn1cc(B2OC(C)(C)C(C)(C)O2)cc1C(=O)OC(C)(C)C. The summed E-state index contributed by atoms with van der Waals surface area (Å²) in [6.07, 6.45) is 1.85. The summed E-state index contributed by atoms with van der Waals surface area (Å²) in [5.41, 5.74) is -0.0213. The van der Waals surface area contributed by atoms with Gasteiger partial charge in [-0.25, -0.2) is 4.79 Å². The van der Waals surface area contributed by atoms with E-state index in [9.17, 15) is 4.79 Å². The van der Waals surface area contributed by atoms with Crippen LogP contribution in [0, 0.1) is 0 Å². The highest BCUT2D eigenvalue weighted by atomic mass is 16.7. The van der Waals surface area contributed by atoms with Gasteiger partial charge in [0.2, 0.25) is 0 Å². The topological polar surface area (TPSA) is 49.7 Å². The van der Waals surface area contributed by atoms with Crippen LogP contribution in [0.4, 0.5) is 0 Å². The molecule has 2 rings (SSSR count). The maximum atomic E-state index is 12.2. The van der Waals surface area contributed by atoms with Gasteiger partial charge in [0.05, 0.1) is 11.2 Å². The molecule has 1 aliphatic rings. The number of aromatic nitrogens is 1. The zero-order chi connectivity index (χ0) is 16.9. The Balaban J connectivity index is 2.23. The quantitative estimate of drug-likeness (QED) is 0.621. The van der Waals surface area contributed by atoms with E-state index in [0.717, 1.165) is 5.46 Å². The predicted molar refractivity (Wildman–Crippen MR) is 86.3 cm³/mol. The third kappa shape index (κ3) is 3.23. The molecular weight excluding hydrogens is 281 g/mol. The van der Waals surface area contributed by atoms with Gasteiger partial charge in [-0.1, -0.05) is 0 Å². The average Bonchev–Trinajstić information content (AvgIpc) is 2.75. The van der Waals surface area contributed by atoms with Crippen molar-refractivity contribution < 1.29 is 18.8 Å². The smallest absolute Gasteiger partial charge is 0.455 e. The minimum atomic E-state index is -0.522. The fourth-order valence-corrected chi connectivity index (χ4v) is 2.23. The third-order valence-corrected chi connectivity index (χ3v) is 4.16. The summed E-state index contributed by atoms with van der Waals surface area (Å²) in [5, 5.41) is 0. The Morgan fingerprint density at radius 2 is 1.68 bits per heavy atom. The van der Waals surface area contributed by atoms with Crippen LogP contribution in [0.5, 0.6) is 0 Å². The van der Waals surface area contributed by atoms with E-state index < -0.39 is 23.9 Å². The predicted octanol–water partition coefficient (Wildman–Crippen LogP) is 2.28. The molecule has 0 atom stereocenters. The molecule has 0 radical (unpaired) electrons. The Hall–Kier alpha value is -1.27. The molecule has 6 heteroatoms. The number of hydrogen-bond acceptors (Lipinski definition) is 4. The van der Waals surface area contributed by atoms with Crippen LogP contribution in [0.15, 0.2) is 12.3 Å². The van der Waals surface area contributed by atoms with Crippen molar-refractivity contribution in [1.29, 1.82) is 0 Å². The molecule has 122 valence electrons. The van der Waals surface area contributed by atoms with Crippen molar-refractivity contribution in [2.75, 3.05) is 0 Å². The van der Waals surface area contributed by atoms with E-state index >= 15 is 0 Å². The van der Waals surface area contributed by atoms with Gasteiger partial charge in [0.1, 0.15) is 11.3 Å². The minimum Gasteiger partial charge on any atom is -0.455 e. The molecular formula is C16H26BNO4. The fourth-order valence-electron chi connectivity index (χ4n) is 2.23. The first-order chi connectivity index (χ1) is 9.82. The molecule has 0 saturated carbocycles. The highest BCUT2D eigenvalue weighted by Crippen LogP contribution is 2.36. The van der Waals surface area contributed by atoms with E-state index in [1.54, 1.807) is 10.6 Å². The standard InChI is InChI=1S/C16H26BNO4/c1-14(2,3)20-13(19)12-9-11(10-18(12)8)17-21-15(4,5)16(6,7)22-17/h9-10H,1-8H3. The summed E-state index contributed by atoms with van der Waals surface area (Å²) >= 11 is 0. The molecule has 0 bridgehead atoms. The van der Waals surface area contributed by atoms with Crippen LogP contribution in [-0.4, -0.2) is 34.5 Å². The number of esters is 1. The van der Waals surface area contributed by atoms with E-state index in [0.29, 0.717) is 5.69 Å². The summed E-state index contributed by atoms with van der Waals surface area (Å²) in [6.45, 7) is 13.6. The molecule has 5 nitrogen and oxygen atoms in total. The van der Waals surface area contributed by atoms with E-state index in [-0.39, 0.29) is 5.97 Å². The van der Waals surface area contributed by atoms with Crippen LogP contribution in [0.2, 0.25) is 0 Å². The van der Waals surface area contributed by atoms with Gasteiger partial charge < -0.3 is 18.6 Å². The van der Waals surface area contributed by atoms with Crippen molar-refractivity contribution in [2.24, 2.45) is 7.05 Å². The molecule has 0 aromatic carbocycles. The average molecular weight is 307 g/mol. The highest BCUT2D eigenvalue weighted by molar-refractivity contribution is 6.62. The zero-order valence-corrected chi connectivity index (χ0v) is 14.8. The third-order valence-electron chi connectivity index (χ3n) is 4.16. The van der Waals surface area contributed by atoms with Gasteiger partial charge in [-0.3, -0.25) is 0 Å². The number of rotatable bonds is 2. The van der Waals surface area contributed by atoms with E-state index in [1.807, 2.05) is 61.7 Å². The van der Waals surface area contributed by atoms with Crippen molar-refractivity contribution in [3.05, 3.63) is 18.0 Å². The highest BCUT2D eigenvalue weighted by Gasteiger charge is 2.52. The summed E-state index contributed by atoms with van der Waals surface area (Å²) in [7, 11) is 1.33. The molecule has 1 fully saturated rings. The summed E-state index contributed by atoms with van der Waals surface area (Å²) in [4.78, 5) is 12.2. The van der Waals surface area contributed by atoms with Crippen LogP contribution in [0.25, 0.3) is 0 Å². The minimum absolute atomic E-state index is 0.349. The molecule has 0 aliphatic carbocycles. The van der Waals surface area contributed by atoms with E-state index in [1.165, 1.54) is 0 Å². The Bertz CT molecular complexity index is 567. The first-order valence-corrected chi connectivity index (χ1v) is 7.58. The molecule has 1 aromatic heterocycles. The van der Waals surface area contributed by atoms with E-state index in [4.69, 9.17) is 14.0 Å². The maximum absolute atomic E-state index is 12.2. The second-order valence-electron chi connectivity index (χ2n) is 7.86. The molecule has 0 unspecified atom stereocenters. The van der Waals surface area contributed by atoms with Crippen LogP contribution in [0.3, 0.4) is 0 Å². The van der Waals surface area contributed by atoms with Gasteiger partial charge in [-0.05, 0) is 54.5 Å². The van der Waals surface area contributed by atoms with Gasteiger partial charge in [-0.2, -0.15) is 0 Å². The lowest BCUT2D eigenvalue weighted by molar-refractivity contribution is 0.00578. The lowest BCUT2D eigenvalue weighted by atomic mass is 9.81. The Kier molecular flexibility index (Phi) is 3.99. The molecule has 2 heterocycles. The first-order valence-electron chi connectivity index (χ1n) is 7.58. The summed E-state index contributed by atoms with van der Waals surface area (Å²) < 4.78 is 19.2. The van der Waals surface area contributed by atoms with Crippen LogP contribution >= 0.6 is 0 Å². The Morgan fingerprint density at radius 1 is 1.18 bits per heavy atom. The normalized spacial score (nSPS) is 20.3. The van der Waals surface area contributed by atoms with Crippen LogP contribution < -0.4 is 5.46 Å². The zero-order valence-electron chi connectivity index (χ0n) is 14.8. The lowest BCUT2D eigenvalue weighted by Crippen LogP contribution is -2.41. The molecule has 1 saturated heterocycles. The van der Waals surface area contributed by atoms with Crippen LogP contribution in [-0.2, 0) is 21.1 Å². The molecule has 0 amide bonds. The number of carbonyl (C=O) groups is 1. The van der Waals surface area contributed by atoms with Crippen molar-refractivity contribution in [3.63, 3.8) is 0 Å². The largest absolute Gasteiger partial charge is 0.496 e. The number of hydrogen-bond donors (Lipinski definition) is 0. The van der Waals surface area contributed by atoms with Crippen LogP contribution in [0.1, 0.15) is 59.0 Å². The fraction of sp³-hybridized carbons (Fsp3) is 0.688. The van der Waals surface area contributed by atoms with Gasteiger partial charge in [0, 0.05) is 18.7 Å². The number of aryl methyl sites for hydroxylation is 1. The summed E-state index contributed by atoms with van der Waals surface area (Å²) in [6, 6.07) is 1.77. The Morgan fingerprint density at radius 3 is 2.14 bits per heavy atom. The van der Waals surface area contributed by atoms with Crippen molar-refractivity contribution in [2.45, 2.75) is 65.3 Å². The second kappa shape index (κ2) is 5.13. The molecule has 0 N–H and O–H groups in total. The van der Waals surface area contributed by atoms with Gasteiger partial charge >= 0.3 is 13.1 Å². The molecule has 22 heavy (non-hydrogen) atoms. The summed E-state index contributed by atoms with van der Waals surface area (Å²) in [5.74, 6) is -0.349. The lowest BCUT2D eigenvalue weighted by Gasteiger charge is -2.32. The van der Waals surface area contributed by atoms with E-state index in [2.05, 4.69) is 0 Å². The molecule has 0 spiro atoms. The van der Waals surface area contributed by atoms with Crippen molar-refractivity contribution in [3.8, 4) is 0 Å². The molecule has 1 aromatic rings. The number of ether oxygens (including phenoxy) is 1. The monoisotopic (exact) mass is 307 g/mol. The van der Waals surface area contributed by atoms with Gasteiger partial charge in [0.15, 0.2) is 0 Å². The second-order valence-corrected chi connectivity index (χ2v) is 7.86. The van der Waals surface area contributed by atoms with Gasteiger partial charge in [0.25, 0.3) is 0 Å². The number of nitrogens with zero attached hydrogens (tertiary/aromatic N) is 1.